The van der Waals surface area contributed by atoms with Gasteiger partial charge in [0.2, 0.25) is 5.75 Å². The number of hydrogen-bond donors (Lipinski definition) is 2. The third kappa shape index (κ3) is 6.15. The molecule has 2 N–H and O–H groups in total. The van der Waals surface area contributed by atoms with Crippen molar-refractivity contribution in [3.8, 4) is 17.2 Å². The molecule has 1 heterocycles. The number of benzene rings is 2. The Morgan fingerprint density at radius 1 is 0.972 bits per heavy atom. The van der Waals surface area contributed by atoms with Gasteiger partial charge in [0.25, 0.3) is 0 Å². The minimum Gasteiger partial charge on any atom is -0.493 e. The van der Waals surface area contributed by atoms with E-state index in [1.54, 1.807) is 12.1 Å². The quantitative estimate of drug-likeness (QED) is 0.390. The number of aromatic nitrogens is 1. The van der Waals surface area contributed by atoms with Crippen LogP contribution >= 0.6 is 0 Å². The third-order valence-corrected chi connectivity index (χ3v) is 5.34. The van der Waals surface area contributed by atoms with Gasteiger partial charge in [0.1, 0.15) is 6.67 Å². The number of halogens is 4. The maximum absolute atomic E-state index is 13.7. The minimum absolute atomic E-state index is 0.00437. The molecule has 0 aliphatic rings. The molecule has 1 aromatic heterocycles. The van der Waals surface area contributed by atoms with Gasteiger partial charge in [-0.1, -0.05) is 24.3 Å². The number of alkyl halides is 4. The number of carbonyl (C=O) groups is 1. The van der Waals surface area contributed by atoms with Crippen LogP contribution in [0.1, 0.15) is 34.0 Å². The predicted octanol–water partition coefficient (Wildman–Crippen LogP) is 5.18. The van der Waals surface area contributed by atoms with E-state index in [4.69, 9.17) is 14.2 Å². The van der Waals surface area contributed by atoms with Crippen LogP contribution < -0.4 is 24.8 Å². The van der Waals surface area contributed by atoms with Crippen LogP contribution in [-0.2, 0) is 19.4 Å². The number of methoxy groups -OCH3 is 3. The molecule has 0 bridgehead atoms. The molecule has 0 fully saturated rings. The molecule has 192 valence electrons. The number of rotatable bonds is 9. The smallest absolute Gasteiger partial charge is 0.418 e. The average Bonchev–Trinajstić information content (AvgIpc) is 2.89. The molecular formula is C25H25F4N3O4. The lowest BCUT2D eigenvalue weighted by atomic mass is 9.98. The van der Waals surface area contributed by atoms with Crippen LogP contribution in [-0.4, -0.2) is 32.3 Å². The van der Waals surface area contributed by atoms with Crippen LogP contribution in [0, 0.1) is 0 Å². The van der Waals surface area contributed by atoms with E-state index >= 15 is 0 Å². The topological polar surface area (TPSA) is 81.7 Å². The summed E-state index contributed by atoms with van der Waals surface area (Å²) in [5, 5.41) is 5.17. The van der Waals surface area contributed by atoms with Crippen LogP contribution in [0.2, 0.25) is 0 Å². The molecule has 3 aromatic rings. The molecule has 3 rings (SSSR count). The highest BCUT2D eigenvalue weighted by molar-refractivity contribution is 5.75. The second kappa shape index (κ2) is 11.6. The van der Waals surface area contributed by atoms with Crippen molar-refractivity contribution in [3.63, 3.8) is 0 Å². The second-order valence-corrected chi connectivity index (χ2v) is 7.60. The fraction of sp³-hybridized carbons (Fsp3) is 0.280. The van der Waals surface area contributed by atoms with Gasteiger partial charge in [-0.3, -0.25) is 4.98 Å². The van der Waals surface area contributed by atoms with Gasteiger partial charge in [0.15, 0.2) is 11.5 Å². The van der Waals surface area contributed by atoms with Crippen LogP contribution in [0.3, 0.4) is 0 Å². The summed E-state index contributed by atoms with van der Waals surface area (Å²) < 4.78 is 69.9. The van der Waals surface area contributed by atoms with Crippen LogP contribution in [0.25, 0.3) is 0 Å². The molecule has 0 aliphatic carbocycles. The lowest BCUT2D eigenvalue weighted by molar-refractivity contribution is -0.138. The fourth-order valence-electron chi connectivity index (χ4n) is 3.60. The molecule has 0 unspecified atom stereocenters. The Morgan fingerprint density at radius 2 is 1.61 bits per heavy atom. The van der Waals surface area contributed by atoms with E-state index in [0.29, 0.717) is 33.9 Å². The number of nitrogens with one attached hydrogen (secondary N) is 2. The van der Waals surface area contributed by atoms with Crippen molar-refractivity contribution >= 4 is 6.03 Å². The number of carbonyl (C=O) groups excluding carboxylic acids is 1. The lowest BCUT2D eigenvalue weighted by Gasteiger charge is -2.23. The zero-order chi connectivity index (χ0) is 26.3. The summed E-state index contributed by atoms with van der Waals surface area (Å²) in [4.78, 5) is 16.7. The highest BCUT2D eigenvalue weighted by atomic mass is 19.4. The lowest BCUT2D eigenvalue weighted by Crippen LogP contribution is -2.39. The predicted molar refractivity (Wildman–Crippen MR) is 124 cm³/mol. The van der Waals surface area contributed by atoms with Gasteiger partial charge >= 0.3 is 12.2 Å². The van der Waals surface area contributed by atoms with E-state index in [2.05, 4.69) is 15.6 Å². The maximum atomic E-state index is 13.7. The first-order valence-electron chi connectivity index (χ1n) is 10.7. The Morgan fingerprint density at radius 3 is 2.14 bits per heavy atom. The van der Waals surface area contributed by atoms with Gasteiger partial charge in [-0.25, -0.2) is 9.18 Å². The SMILES string of the molecule is COc1cc(CNC(=O)N[C@@H](c2ccc(CF)cc2)c2ncccc2C(F)(F)F)cc(OC)c1OC. The molecule has 0 aliphatic heterocycles. The minimum atomic E-state index is -4.70. The van der Waals surface area contributed by atoms with E-state index in [-0.39, 0.29) is 12.2 Å². The van der Waals surface area contributed by atoms with Gasteiger partial charge in [0.05, 0.1) is 38.6 Å². The van der Waals surface area contributed by atoms with Gasteiger partial charge in [-0.05, 0) is 41.0 Å². The Kier molecular flexibility index (Phi) is 8.57. The summed E-state index contributed by atoms with van der Waals surface area (Å²) >= 11 is 0. The van der Waals surface area contributed by atoms with Gasteiger partial charge in [-0.2, -0.15) is 13.2 Å². The van der Waals surface area contributed by atoms with Crippen LogP contribution in [0.4, 0.5) is 22.4 Å². The van der Waals surface area contributed by atoms with Crippen molar-refractivity contribution in [3.05, 3.63) is 82.7 Å². The average molecular weight is 507 g/mol. The molecule has 36 heavy (non-hydrogen) atoms. The van der Waals surface area contributed by atoms with E-state index in [1.165, 1.54) is 57.9 Å². The molecular weight excluding hydrogens is 482 g/mol. The van der Waals surface area contributed by atoms with E-state index in [1.807, 2.05) is 0 Å². The van der Waals surface area contributed by atoms with Gasteiger partial charge in [-0.15, -0.1) is 0 Å². The Bertz CT molecular complexity index is 1160. The molecule has 0 spiro atoms. The standard InChI is InChI=1S/C25H25F4N3O4/c1-34-19-11-16(12-20(35-2)23(19)36-3)14-31-24(33)32-21(17-8-6-15(13-26)7-9-17)22-18(25(27,28)29)5-4-10-30-22/h4-12,21H,13-14H2,1-3H3,(H2,31,32,33)/t21-/m0/s1. The normalized spacial score (nSPS) is 12.0. The summed E-state index contributed by atoms with van der Waals surface area (Å²) in [6.45, 7) is -0.727. The number of urea groups is 1. The number of pyridine rings is 1. The van der Waals surface area contributed by atoms with E-state index in [0.717, 1.165) is 6.07 Å². The number of hydrogen-bond acceptors (Lipinski definition) is 5. The highest BCUT2D eigenvalue weighted by Crippen LogP contribution is 2.38. The highest BCUT2D eigenvalue weighted by Gasteiger charge is 2.37. The zero-order valence-electron chi connectivity index (χ0n) is 19.8. The molecule has 7 nitrogen and oxygen atoms in total. The molecule has 0 saturated carbocycles. The van der Waals surface area contributed by atoms with Crippen LogP contribution in [0.5, 0.6) is 17.2 Å². The van der Waals surface area contributed by atoms with Crippen molar-refractivity contribution in [2.24, 2.45) is 0 Å². The first-order chi connectivity index (χ1) is 17.2. The van der Waals surface area contributed by atoms with Crippen molar-refractivity contribution < 1.29 is 36.6 Å². The summed E-state index contributed by atoms with van der Waals surface area (Å²) in [7, 11) is 4.36. The Labute approximate surface area is 205 Å². The molecule has 0 radical (unpaired) electrons. The van der Waals surface area contributed by atoms with E-state index in [9.17, 15) is 22.4 Å². The molecule has 11 heteroatoms. The van der Waals surface area contributed by atoms with Gasteiger partial charge in [0, 0.05) is 12.7 Å². The molecule has 1 atom stereocenters. The fourth-order valence-corrected chi connectivity index (χ4v) is 3.60. The molecule has 0 saturated heterocycles. The van der Waals surface area contributed by atoms with E-state index < -0.39 is 30.5 Å². The van der Waals surface area contributed by atoms with Crippen molar-refractivity contribution in [1.82, 2.24) is 15.6 Å². The number of nitrogens with zero attached hydrogens (tertiary/aromatic N) is 1. The zero-order valence-corrected chi connectivity index (χ0v) is 19.8. The third-order valence-electron chi connectivity index (χ3n) is 5.34. The first-order valence-corrected chi connectivity index (χ1v) is 10.7. The monoisotopic (exact) mass is 507 g/mol. The largest absolute Gasteiger partial charge is 0.493 e. The maximum Gasteiger partial charge on any atom is 0.418 e. The second-order valence-electron chi connectivity index (χ2n) is 7.60. The van der Waals surface area contributed by atoms with Crippen molar-refractivity contribution in [1.29, 1.82) is 0 Å². The molecule has 2 aromatic carbocycles. The number of ether oxygens (including phenoxy) is 3. The van der Waals surface area contributed by atoms with Crippen molar-refractivity contribution in [2.75, 3.05) is 21.3 Å². The Hall–Kier alpha value is -4.02. The first kappa shape index (κ1) is 26.6. The molecule has 2 amide bonds. The summed E-state index contributed by atoms with van der Waals surface area (Å²) in [6, 6.07) is 9.11. The summed E-state index contributed by atoms with van der Waals surface area (Å²) in [6.07, 6.45) is -3.49. The Balaban J connectivity index is 1.88. The summed E-state index contributed by atoms with van der Waals surface area (Å²) in [5.41, 5.74) is -0.131. The van der Waals surface area contributed by atoms with Crippen molar-refractivity contribution in [2.45, 2.75) is 25.4 Å². The van der Waals surface area contributed by atoms with Gasteiger partial charge < -0.3 is 24.8 Å². The summed E-state index contributed by atoms with van der Waals surface area (Å²) in [5.74, 6) is 1.13. The van der Waals surface area contributed by atoms with Crippen LogP contribution in [0.15, 0.2) is 54.7 Å². The number of amides is 2.